The predicted molar refractivity (Wildman–Crippen MR) is 110 cm³/mol. The molecule has 2 aliphatic rings. The molecule has 5 rings (SSSR count). The summed E-state index contributed by atoms with van der Waals surface area (Å²) >= 11 is 8.11. The van der Waals surface area contributed by atoms with Gasteiger partial charge < -0.3 is 5.32 Å². The Morgan fingerprint density at radius 1 is 1.19 bits per heavy atom. The number of hydrogen-bond acceptors (Lipinski definition) is 5. The number of hydrogen-bond donors (Lipinski definition) is 1. The fourth-order valence-corrected chi connectivity index (χ4v) is 5.14. The average Bonchev–Trinajstić information content (AvgIpc) is 2.70. The lowest BCUT2D eigenvalue weighted by Crippen LogP contribution is -2.51. The van der Waals surface area contributed by atoms with E-state index in [1.165, 1.54) is 0 Å². The summed E-state index contributed by atoms with van der Waals surface area (Å²) in [5.41, 5.74) is 2.21. The van der Waals surface area contributed by atoms with Crippen molar-refractivity contribution in [3.05, 3.63) is 63.9 Å². The maximum atomic E-state index is 12.8. The molecule has 27 heavy (non-hydrogen) atoms. The molecule has 0 unspecified atom stereocenters. The molecule has 7 heteroatoms. The van der Waals surface area contributed by atoms with E-state index in [0.29, 0.717) is 16.5 Å². The Morgan fingerprint density at radius 2 is 2.04 bits per heavy atom. The molecule has 5 nitrogen and oxygen atoms in total. The van der Waals surface area contributed by atoms with Crippen LogP contribution in [-0.2, 0) is 5.66 Å². The summed E-state index contributed by atoms with van der Waals surface area (Å²) in [6, 6.07) is 15.2. The fourth-order valence-electron chi connectivity index (χ4n) is 3.80. The maximum Gasteiger partial charge on any atom is 0.300 e. The monoisotopic (exact) mass is 396 g/mol. The summed E-state index contributed by atoms with van der Waals surface area (Å²) in [4.78, 5) is 17.3. The third-order valence-electron chi connectivity index (χ3n) is 5.07. The number of benzene rings is 2. The van der Waals surface area contributed by atoms with Gasteiger partial charge in [-0.2, -0.15) is 21.8 Å². The Bertz CT molecular complexity index is 1080. The number of halogens is 1. The standard InChI is InChI=1S/C20H17ClN4OS/c21-14-7-8-16-15(11-14)18-22-19(26)17(13-5-2-1-3-6-13)24-25(18)20(23-16)9-4-10-27-12-20/h1-3,5-8,11,23H,4,9-10,12H2/t20-/m0/s1. The van der Waals surface area contributed by atoms with Gasteiger partial charge in [-0.1, -0.05) is 41.9 Å². The number of nitrogens with zero attached hydrogens (tertiary/aromatic N) is 3. The van der Waals surface area contributed by atoms with Gasteiger partial charge in [-0.25, -0.2) is 4.68 Å². The molecule has 2 aliphatic heterocycles. The largest absolute Gasteiger partial charge is 0.360 e. The second-order valence-electron chi connectivity index (χ2n) is 6.87. The molecular formula is C20H17ClN4OS. The summed E-state index contributed by atoms with van der Waals surface area (Å²) in [5, 5.41) is 9.09. The van der Waals surface area contributed by atoms with Crippen LogP contribution in [0.3, 0.4) is 0 Å². The van der Waals surface area contributed by atoms with Crippen molar-refractivity contribution in [2.75, 3.05) is 16.8 Å². The van der Waals surface area contributed by atoms with Gasteiger partial charge in [0.05, 0.1) is 0 Å². The van der Waals surface area contributed by atoms with Crippen molar-refractivity contribution >= 4 is 29.1 Å². The van der Waals surface area contributed by atoms with Crippen LogP contribution < -0.4 is 10.9 Å². The van der Waals surface area contributed by atoms with Gasteiger partial charge in [0.2, 0.25) is 0 Å². The first-order chi connectivity index (χ1) is 13.2. The van der Waals surface area contributed by atoms with Gasteiger partial charge in [0, 0.05) is 27.6 Å². The lowest BCUT2D eigenvalue weighted by Gasteiger charge is -2.43. The SMILES string of the molecule is O=c1nc2n(nc1-c1ccccc1)[C@]1(CCCSC1)Nc1ccc(Cl)cc1-2. The molecular weight excluding hydrogens is 380 g/mol. The number of aromatic nitrogens is 3. The van der Waals surface area contributed by atoms with Crippen LogP contribution in [0.1, 0.15) is 12.8 Å². The molecule has 0 saturated carbocycles. The molecule has 3 aromatic rings. The van der Waals surface area contributed by atoms with E-state index in [1.807, 2.05) is 65.0 Å². The van der Waals surface area contributed by atoms with Crippen molar-refractivity contribution in [2.45, 2.75) is 18.5 Å². The summed E-state index contributed by atoms with van der Waals surface area (Å²) in [7, 11) is 0. The topological polar surface area (TPSA) is 59.8 Å². The minimum Gasteiger partial charge on any atom is -0.360 e. The van der Waals surface area contributed by atoms with Crippen LogP contribution in [-0.4, -0.2) is 26.3 Å². The zero-order chi connectivity index (χ0) is 18.4. The molecule has 1 spiro atoms. The Balaban J connectivity index is 1.79. The Morgan fingerprint density at radius 3 is 2.81 bits per heavy atom. The van der Waals surface area contributed by atoms with E-state index in [1.54, 1.807) is 0 Å². The summed E-state index contributed by atoms with van der Waals surface area (Å²) in [6.45, 7) is 0. The van der Waals surface area contributed by atoms with Crippen LogP contribution in [0.5, 0.6) is 0 Å². The summed E-state index contributed by atoms with van der Waals surface area (Å²) in [5.74, 6) is 2.58. The molecule has 0 radical (unpaired) electrons. The number of anilines is 1. The average molecular weight is 397 g/mol. The van der Waals surface area contributed by atoms with Gasteiger partial charge in [-0.15, -0.1) is 0 Å². The summed E-state index contributed by atoms with van der Waals surface area (Å²) in [6.07, 6.45) is 2.01. The van der Waals surface area contributed by atoms with Crippen LogP contribution in [0.25, 0.3) is 22.6 Å². The predicted octanol–water partition coefficient (Wildman–Crippen LogP) is 4.23. The first-order valence-corrected chi connectivity index (χ1v) is 10.4. The lowest BCUT2D eigenvalue weighted by atomic mass is 9.99. The molecule has 1 atom stereocenters. The highest BCUT2D eigenvalue weighted by Gasteiger charge is 2.41. The Hall–Kier alpha value is -2.31. The Labute approximate surface area is 165 Å². The molecule has 0 aliphatic carbocycles. The van der Waals surface area contributed by atoms with Gasteiger partial charge in [0.15, 0.2) is 11.5 Å². The lowest BCUT2D eigenvalue weighted by molar-refractivity contribution is 0.299. The van der Waals surface area contributed by atoms with Gasteiger partial charge in [-0.3, -0.25) is 4.79 Å². The van der Waals surface area contributed by atoms with Gasteiger partial charge in [0.1, 0.15) is 5.66 Å². The molecule has 1 fully saturated rings. The van der Waals surface area contributed by atoms with Crippen LogP contribution >= 0.6 is 23.4 Å². The Kier molecular flexibility index (Phi) is 3.98. The first-order valence-electron chi connectivity index (χ1n) is 8.89. The van der Waals surface area contributed by atoms with Crippen molar-refractivity contribution in [1.29, 1.82) is 0 Å². The highest BCUT2D eigenvalue weighted by atomic mass is 35.5. The minimum absolute atomic E-state index is 0.320. The zero-order valence-corrected chi connectivity index (χ0v) is 16.1. The molecule has 0 amide bonds. The fraction of sp³-hybridized carbons (Fsp3) is 0.250. The van der Waals surface area contributed by atoms with Crippen LogP contribution in [0.4, 0.5) is 5.69 Å². The van der Waals surface area contributed by atoms with E-state index in [0.717, 1.165) is 41.2 Å². The van der Waals surface area contributed by atoms with Crippen molar-refractivity contribution in [1.82, 2.24) is 14.8 Å². The number of thioether (sulfide) groups is 1. The van der Waals surface area contributed by atoms with E-state index < -0.39 is 0 Å². The van der Waals surface area contributed by atoms with Crippen LogP contribution in [0.2, 0.25) is 5.02 Å². The highest BCUT2D eigenvalue weighted by molar-refractivity contribution is 7.99. The summed E-state index contributed by atoms with van der Waals surface area (Å²) < 4.78 is 1.92. The second-order valence-corrected chi connectivity index (χ2v) is 8.41. The van der Waals surface area contributed by atoms with E-state index in [-0.39, 0.29) is 11.2 Å². The van der Waals surface area contributed by atoms with Gasteiger partial charge in [0.25, 0.3) is 5.56 Å². The number of rotatable bonds is 1. The zero-order valence-electron chi connectivity index (χ0n) is 14.5. The molecule has 0 bridgehead atoms. The van der Waals surface area contributed by atoms with Gasteiger partial charge in [-0.05, 0) is 36.8 Å². The van der Waals surface area contributed by atoms with Crippen LogP contribution in [0.15, 0.2) is 53.3 Å². The molecule has 1 aromatic heterocycles. The van der Waals surface area contributed by atoms with E-state index in [2.05, 4.69) is 10.3 Å². The van der Waals surface area contributed by atoms with Crippen molar-refractivity contribution in [3.8, 4) is 22.6 Å². The third-order valence-corrected chi connectivity index (χ3v) is 6.57. The van der Waals surface area contributed by atoms with Gasteiger partial charge >= 0.3 is 0 Å². The quantitative estimate of drug-likeness (QED) is 0.667. The van der Waals surface area contributed by atoms with Crippen LogP contribution in [0, 0.1) is 0 Å². The smallest absolute Gasteiger partial charge is 0.300 e. The molecule has 136 valence electrons. The number of fused-ring (bicyclic) bond motifs is 4. The van der Waals surface area contributed by atoms with Crippen molar-refractivity contribution in [2.24, 2.45) is 0 Å². The maximum absolute atomic E-state index is 12.8. The first kappa shape index (κ1) is 16.8. The third kappa shape index (κ3) is 2.75. The number of nitrogens with one attached hydrogen (secondary N) is 1. The molecule has 2 aromatic carbocycles. The van der Waals surface area contributed by atoms with Crippen molar-refractivity contribution in [3.63, 3.8) is 0 Å². The second kappa shape index (κ2) is 6.39. The molecule has 3 heterocycles. The normalized spacial score (nSPS) is 20.6. The molecule has 1 N–H and O–H groups in total. The van der Waals surface area contributed by atoms with E-state index >= 15 is 0 Å². The molecule has 1 saturated heterocycles. The van der Waals surface area contributed by atoms with E-state index in [9.17, 15) is 4.79 Å². The minimum atomic E-state index is -0.386. The highest BCUT2D eigenvalue weighted by Crippen LogP contribution is 2.43. The van der Waals surface area contributed by atoms with E-state index in [4.69, 9.17) is 16.7 Å². The van der Waals surface area contributed by atoms with Crippen molar-refractivity contribution < 1.29 is 0 Å².